The van der Waals surface area contributed by atoms with Crippen LogP contribution in [0.25, 0.3) is 0 Å². The Morgan fingerprint density at radius 1 is 1.32 bits per heavy atom. The normalized spacial score (nSPS) is 18.4. The van der Waals surface area contributed by atoms with Crippen LogP contribution in [0.2, 0.25) is 4.34 Å². The lowest BCUT2D eigenvalue weighted by Gasteiger charge is -2.22. The molecule has 0 aromatic carbocycles. The zero-order chi connectivity index (χ0) is 18.2. The van der Waals surface area contributed by atoms with Crippen LogP contribution in [0.4, 0.5) is 5.00 Å². The van der Waals surface area contributed by atoms with E-state index in [2.05, 4.69) is 5.32 Å². The van der Waals surface area contributed by atoms with Gasteiger partial charge < -0.3 is 11.1 Å². The van der Waals surface area contributed by atoms with Crippen molar-refractivity contribution in [1.82, 2.24) is 4.31 Å². The third kappa shape index (κ3) is 3.58. The van der Waals surface area contributed by atoms with Crippen LogP contribution >= 0.6 is 34.3 Å². The monoisotopic (exact) mass is 419 g/mol. The van der Waals surface area contributed by atoms with Crippen molar-refractivity contribution in [2.24, 2.45) is 5.73 Å². The van der Waals surface area contributed by atoms with E-state index >= 15 is 0 Å². The number of nitrogens with zero attached hydrogens (tertiary/aromatic N) is 1. The molecule has 1 fully saturated rings. The molecule has 1 aliphatic rings. The standard InChI is InChI=1S/C14H14ClN3O4S3/c15-10-3-4-11(24-10)25(21,22)18-6-1-2-9(18)13(20)17-14-8(12(16)19)5-7-23-14/h3-5,7,9H,1-2,6H2,(H2,16,19)(H,17,20). The van der Waals surface area contributed by atoms with E-state index < -0.39 is 27.9 Å². The molecule has 3 heterocycles. The SMILES string of the molecule is NC(=O)c1ccsc1NC(=O)C1CCCN1S(=O)(=O)c1ccc(Cl)s1. The Balaban J connectivity index is 1.83. The highest BCUT2D eigenvalue weighted by Crippen LogP contribution is 2.33. The minimum atomic E-state index is -3.80. The van der Waals surface area contributed by atoms with E-state index in [1.165, 1.54) is 22.5 Å². The van der Waals surface area contributed by atoms with E-state index in [9.17, 15) is 18.0 Å². The van der Waals surface area contributed by atoms with Gasteiger partial charge in [-0.15, -0.1) is 22.7 Å². The largest absolute Gasteiger partial charge is 0.366 e. The zero-order valence-corrected chi connectivity index (χ0v) is 16.0. The molecule has 11 heteroatoms. The number of rotatable bonds is 5. The average Bonchev–Trinajstić information content (AvgIpc) is 3.26. The van der Waals surface area contributed by atoms with Gasteiger partial charge in [0.05, 0.1) is 9.90 Å². The van der Waals surface area contributed by atoms with Crippen molar-refractivity contribution in [2.75, 3.05) is 11.9 Å². The number of hydrogen-bond acceptors (Lipinski definition) is 6. The highest BCUT2D eigenvalue weighted by molar-refractivity contribution is 7.91. The summed E-state index contributed by atoms with van der Waals surface area (Å²) in [5, 5.41) is 4.57. The molecule has 1 saturated heterocycles. The van der Waals surface area contributed by atoms with Gasteiger partial charge in [-0.1, -0.05) is 11.6 Å². The minimum Gasteiger partial charge on any atom is -0.366 e. The number of thiophene rings is 2. The molecule has 0 spiro atoms. The molecule has 2 aromatic rings. The number of halogens is 1. The molecule has 3 rings (SSSR count). The summed E-state index contributed by atoms with van der Waals surface area (Å²) < 4.78 is 27.2. The number of nitrogens with one attached hydrogen (secondary N) is 1. The van der Waals surface area contributed by atoms with Gasteiger partial charge in [-0.25, -0.2) is 8.42 Å². The summed E-state index contributed by atoms with van der Waals surface area (Å²) in [5.41, 5.74) is 5.47. The topological polar surface area (TPSA) is 110 Å². The van der Waals surface area contributed by atoms with Gasteiger partial charge in [-0.2, -0.15) is 4.31 Å². The van der Waals surface area contributed by atoms with Crippen LogP contribution in [0, 0.1) is 0 Å². The Morgan fingerprint density at radius 2 is 2.08 bits per heavy atom. The molecule has 0 radical (unpaired) electrons. The van der Waals surface area contributed by atoms with E-state index in [4.69, 9.17) is 17.3 Å². The maximum absolute atomic E-state index is 12.8. The Hall–Kier alpha value is -1.46. The molecule has 3 N–H and O–H groups in total. The van der Waals surface area contributed by atoms with Crippen LogP contribution in [0.1, 0.15) is 23.2 Å². The van der Waals surface area contributed by atoms with E-state index in [1.807, 2.05) is 0 Å². The average molecular weight is 420 g/mol. The highest BCUT2D eigenvalue weighted by Gasteiger charge is 2.40. The molecule has 1 atom stereocenters. The van der Waals surface area contributed by atoms with Crippen molar-refractivity contribution in [3.05, 3.63) is 33.5 Å². The van der Waals surface area contributed by atoms with Crippen molar-refractivity contribution < 1.29 is 18.0 Å². The van der Waals surface area contributed by atoms with E-state index in [0.717, 1.165) is 22.7 Å². The summed E-state index contributed by atoms with van der Waals surface area (Å²) in [5.74, 6) is -1.13. The third-order valence-electron chi connectivity index (χ3n) is 3.79. The quantitative estimate of drug-likeness (QED) is 0.774. The van der Waals surface area contributed by atoms with Gasteiger partial charge in [0, 0.05) is 6.54 Å². The maximum atomic E-state index is 12.8. The Kier molecular flexibility index (Phi) is 5.16. The predicted molar refractivity (Wildman–Crippen MR) is 97.7 cm³/mol. The van der Waals surface area contributed by atoms with Crippen LogP contribution < -0.4 is 11.1 Å². The maximum Gasteiger partial charge on any atom is 0.253 e. The highest BCUT2D eigenvalue weighted by atomic mass is 35.5. The molecular weight excluding hydrogens is 406 g/mol. The smallest absolute Gasteiger partial charge is 0.253 e. The van der Waals surface area contributed by atoms with E-state index in [1.54, 1.807) is 5.38 Å². The Morgan fingerprint density at radius 3 is 2.72 bits per heavy atom. The van der Waals surface area contributed by atoms with Gasteiger partial charge in [0.25, 0.3) is 15.9 Å². The molecule has 0 bridgehead atoms. The molecule has 2 aromatic heterocycles. The molecule has 1 aliphatic heterocycles. The summed E-state index contributed by atoms with van der Waals surface area (Å²) in [6.07, 6.45) is 0.977. The van der Waals surface area contributed by atoms with Gasteiger partial charge >= 0.3 is 0 Å². The van der Waals surface area contributed by atoms with Gasteiger partial charge in [0.1, 0.15) is 15.3 Å². The van der Waals surface area contributed by atoms with Crippen molar-refractivity contribution >= 4 is 61.1 Å². The number of hydrogen-bond donors (Lipinski definition) is 2. The van der Waals surface area contributed by atoms with Crippen LogP contribution in [0.3, 0.4) is 0 Å². The second-order valence-electron chi connectivity index (χ2n) is 5.35. The summed E-state index contributed by atoms with van der Waals surface area (Å²) in [6.45, 7) is 0.253. The molecular formula is C14H14ClN3O4S3. The lowest BCUT2D eigenvalue weighted by Crippen LogP contribution is -2.42. The lowest BCUT2D eigenvalue weighted by atomic mass is 10.2. The first-order chi connectivity index (χ1) is 11.8. The van der Waals surface area contributed by atoms with E-state index in [0.29, 0.717) is 22.2 Å². The first-order valence-corrected chi connectivity index (χ1v) is 10.8. The first-order valence-electron chi connectivity index (χ1n) is 7.26. The number of nitrogens with two attached hydrogens (primary N) is 1. The molecule has 2 amide bonds. The number of sulfonamides is 1. The fourth-order valence-corrected chi connectivity index (χ4v) is 6.70. The molecule has 1 unspecified atom stereocenters. The van der Waals surface area contributed by atoms with Crippen LogP contribution in [-0.2, 0) is 14.8 Å². The second kappa shape index (κ2) is 7.04. The second-order valence-corrected chi connectivity index (χ2v) is 10.1. The lowest BCUT2D eigenvalue weighted by molar-refractivity contribution is -0.119. The minimum absolute atomic E-state index is 0.103. The summed E-state index contributed by atoms with van der Waals surface area (Å²) in [4.78, 5) is 24.0. The van der Waals surface area contributed by atoms with Gasteiger partial charge in [0.2, 0.25) is 5.91 Å². The number of carbonyl (C=O) groups excluding carboxylic acids is 2. The molecule has 0 saturated carbocycles. The van der Waals surface area contributed by atoms with Crippen molar-refractivity contribution in [3.63, 3.8) is 0 Å². The third-order valence-corrected chi connectivity index (χ3v) is 8.22. The number of carbonyl (C=O) groups is 2. The number of primary amides is 1. The Labute approximate surface area is 157 Å². The molecule has 7 nitrogen and oxygen atoms in total. The number of amides is 2. The van der Waals surface area contributed by atoms with Crippen molar-refractivity contribution in [2.45, 2.75) is 23.1 Å². The summed E-state index contributed by atoms with van der Waals surface area (Å²) >= 11 is 7.94. The summed E-state index contributed by atoms with van der Waals surface area (Å²) in [7, 11) is -3.80. The van der Waals surface area contributed by atoms with Crippen molar-refractivity contribution in [3.8, 4) is 0 Å². The van der Waals surface area contributed by atoms with Gasteiger partial charge in [-0.3, -0.25) is 9.59 Å². The van der Waals surface area contributed by atoms with Gasteiger partial charge in [0.15, 0.2) is 0 Å². The predicted octanol–water partition coefficient (Wildman–Crippen LogP) is 2.35. The zero-order valence-electron chi connectivity index (χ0n) is 12.8. The summed E-state index contributed by atoms with van der Waals surface area (Å²) in [6, 6.07) is 3.61. The van der Waals surface area contributed by atoms with Crippen molar-refractivity contribution in [1.29, 1.82) is 0 Å². The first kappa shape index (κ1) is 18.3. The fraction of sp³-hybridized carbons (Fsp3) is 0.286. The molecule has 0 aliphatic carbocycles. The van der Waals surface area contributed by atoms with Crippen LogP contribution in [0.5, 0.6) is 0 Å². The van der Waals surface area contributed by atoms with Crippen LogP contribution in [0.15, 0.2) is 27.8 Å². The van der Waals surface area contributed by atoms with Gasteiger partial charge in [-0.05, 0) is 36.4 Å². The number of anilines is 1. The molecule has 25 heavy (non-hydrogen) atoms. The van der Waals surface area contributed by atoms with Crippen LogP contribution in [-0.4, -0.2) is 37.1 Å². The molecule has 134 valence electrons. The fourth-order valence-electron chi connectivity index (χ4n) is 2.64. The van der Waals surface area contributed by atoms with E-state index in [-0.39, 0.29) is 16.3 Å². The Bertz CT molecular complexity index is 921.